The molecule has 0 bridgehead atoms. The van der Waals surface area contributed by atoms with Crippen molar-refractivity contribution in [3.05, 3.63) is 29.3 Å². The lowest BCUT2D eigenvalue weighted by Gasteiger charge is -2.32. The molecule has 2 fully saturated rings. The summed E-state index contributed by atoms with van der Waals surface area (Å²) in [5.41, 5.74) is 0. The molecule has 5 nitrogen and oxygen atoms in total. The maximum atomic E-state index is 11.8. The predicted molar refractivity (Wildman–Crippen MR) is 115 cm³/mol. The maximum Gasteiger partial charge on any atom is 0.234 e. The van der Waals surface area contributed by atoms with Crippen LogP contribution in [0.1, 0.15) is 46.0 Å². The van der Waals surface area contributed by atoms with Crippen LogP contribution in [0.3, 0.4) is 0 Å². The average Bonchev–Trinajstić information content (AvgIpc) is 3.55. The van der Waals surface area contributed by atoms with Gasteiger partial charge in [-0.25, -0.2) is 0 Å². The number of nitrogens with zero attached hydrogens (tertiary/aromatic N) is 1. The normalized spacial score (nSPS) is 16.2. The molecule has 158 valence electrons. The van der Waals surface area contributed by atoms with Gasteiger partial charge in [-0.15, -0.1) is 11.6 Å². The fraction of sp³-hybridized carbons (Fsp3) is 0.619. The van der Waals surface area contributed by atoms with E-state index in [2.05, 4.69) is 19.2 Å². The highest BCUT2D eigenvalue weighted by molar-refractivity contribution is 6.30. The molecular formula is C21H32Cl2N2O3. The first-order valence-electron chi connectivity index (χ1n) is 9.97. The van der Waals surface area contributed by atoms with E-state index in [4.69, 9.17) is 28.3 Å². The first kappa shape index (κ1) is 24.6. The number of carbonyl (C=O) groups excluding carboxylic acids is 2. The lowest BCUT2D eigenvalue weighted by atomic mass is 9.96. The quantitative estimate of drug-likeness (QED) is 0.692. The van der Waals surface area contributed by atoms with E-state index in [1.54, 1.807) is 24.3 Å². The minimum absolute atomic E-state index is 0.0268. The van der Waals surface area contributed by atoms with Crippen molar-refractivity contribution in [2.75, 3.05) is 25.5 Å². The third-order valence-electron chi connectivity index (χ3n) is 4.39. The molecule has 1 saturated heterocycles. The van der Waals surface area contributed by atoms with E-state index >= 15 is 0 Å². The van der Waals surface area contributed by atoms with Gasteiger partial charge in [-0.2, -0.15) is 0 Å². The third kappa shape index (κ3) is 10.2. The summed E-state index contributed by atoms with van der Waals surface area (Å²) >= 11 is 10.9. The Hall–Kier alpha value is -1.46. The summed E-state index contributed by atoms with van der Waals surface area (Å²) in [6.07, 6.45) is 5.37. The lowest BCUT2D eigenvalue weighted by molar-refractivity contribution is -0.134. The second-order valence-corrected chi connectivity index (χ2v) is 7.87. The van der Waals surface area contributed by atoms with Crippen molar-refractivity contribution in [1.29, 1.82) is 0 Å². The zero-order valence-electron chi connectivity index (χ0n) is 16.8. The number of benzene rings is 1. The van der Waals surface area contributed by atoms with Crippen molar-refractivity contribution in [1.82, 2.24) is 10.2 Å². The Morgan fingerprint density at radius 2 is 1.64 bits per heavy atom. The number of phenols is 1. The molecule has 2 aliphatic rings. The molecule has 0 atom stereocenters. The number of amides is 2. The Kier molecular flexibility index (Phi) is 12.0. The van der Waals surface area contributed by atoms with E-state index in [1.165, 1.54) is 6.42 Å². The smallest absolute Gasteiger partial charge is 0.234 e. The van der Waals surface area contributed by atoms with Gasteiger partial charge in [0, 0.05) is 30.6 Å². The summed E-state index contributed by atoms with van der Waals surface area (Å²) in [6, 6.07) is 6.36. The number of hydrogen-bond donors (Lipinski definition) is 2. The molecule has 0 spiro atoms. The molecule has 0 radical (unpaired) electrons. The van der Waals surface area contributed by atoms with Crippen LogP contribution in [0.25, 0.3) is 0 Å². The number of alkyl halides is 1. The van der Waals surface area contributed by atoms with Crippen molar-refractivity contribution in [3.8, 4) is 5.75 Å². The Bertz CT molecular complexity index is 563. The molecule has 7 heteroatoms. The van der Waals surface area contributed by atoms with E-state index in [0.717, 1.165) is 38.8 Å². The van der Waals surface area contributed by atoms with Crippen LogP contribution >= 0.6 is 23.2 Å². The highest BCUT2D eigenvalue weighted by Crippen LogP contribution is 2.32. The molecule has 1 aliphatic carbocycles. The van der Waals surface area contributed by atoms with Gasteiger partial charge in [-0.1, -0.05) is 31.9 Å². The topological polar surface area (TPSA) is 69.6 Å². The summed E-state index contributed by atoms with van der Waals surface area (Å²) in [7, 11) is 0. The van der Waals surface area contributed by atoms with Gasteiger partial charge >= 0.3 is 0 Å². The average molecular weight is 431 g/mol. The molecule has 0 unspecified atom stereocenters. The monoisotopic (exact) mass is 430 g/mol. The number of hydrogen-bond acceptors (Lipinski definition) is 3. The number of halogens is 2. The molecule has 1 aromatic rings. The van der Waals surface area contributed by atoms with E-state index < -0.39 is 0 Å². The largest absolute Gasteiger partial charge is 0.508 e. The second kappa shape index (κ2) is 13.7. The summed E-state index contributed by atoms with van der Waals surface area (Å²) in [5, 5.41) is 12.1. The number of aromatic hydroxyl groups is 1. The molecule has 2 amide bonds. The van der Waals surface area contributed by atoms with Gasteiger partial charge in [-0.05, 0) is 55.9 Å². The van der Waals surface area contributed by atoms with Gasteiger partial charge in [0.15, 0.2) is 0 Å². The second-order valence-electron chi connectivity index (χ2n) is 7.16. The lowest BCUT2D eigenvalue weighted by Crippen LogP contribution is -2.42. The van der Waals surface area contributed by atoms with Crippen LogP contribution in [0, 0.1) is 11.8 Å². The van der Waals surface area contributed by atoms with Crippen molar-refractivity contribution < 1.29 is 14.7 Å². The minimum atomic E-state index is -0.108. The highest BCUT2D eigenvalue weighted by Gasteiger charge is 2.34. The van der Waals surface area contributed by atoms with E-state index in [9.17, 15) is 9.59 Å². The molecule has 3 rings (SSSR count). The molecule has 28 heavy (non-hydrogen) atoms. The van der Waals surface area contributed by atoms with Gasteiger partial charge in [0.1, 0.15) is 11.6 Å². The SMILES string of the molecule is CCC.O=C(CCl)NCC1CCN(C(=O)C2CC2)CC1.Oc1ccc(Cl)cc1. The maximum absolute atomic E-state index is 11.8. The zero-order chi connectivity index (χ0) is 20.9. The van der Waals surface area contributed by atoms with Crippen LogP contribution in [0.5, 0.6) is 5.75 Å². The number of piperidine rings is 1. The van der Waals surface area contributed by atoms with Crippen LogP contribution in [0.15, 0.2) is 24.3 Å². The standard InChI is InChI=1S/C12H19ClN2O2.C6H5ClO.C3H8/c13-7-11(16)14-8-9-3-5-15(6-4-9)12(17)10-1-2-10;7-5-1-3-6(8)4-2-5;1-3-2/h9-10H,1-8H2,(H,14,16);1-4,8H;3H2,1-2H3. The van der Waals surface area contributed by atoms with Crippen LogP contribution < -0.4 is 5.32 Å². The highest BCUT2D eigenvalue weighted by atomic mass is 35.5. The van der Waals surface area contributed by atoms with Crippen molar-refractivity contribution in [3.63, 3.8) is 0 Å². The Labute approximate surface area is 178 Å². The van der Waals surface area contributed by atoms with E-state index in [0.29, 0.717) is 29.3 Å². The number of phenolic OH excluding ortho intramolecular Hbond substituents is 1. The number of nitrogens with one attached hydrogen (secondary N) is 1. The Balaban J connectivity index is 0.000000296. The van der Waals surface area contributed by atoms with E-state index in [-0.39, 0.29) is 17.5 Å². The molecule has 2 N–H and O–H groups in total. The van der Waals surface area contributed by atoms with Gasteiger partial charge in [-0.3, -0.25) is 9.59 Å². The molecule has 1 saturated carbocycles. The molecule has 1 heterocycles. The molecule has 1 aliphatic heterocycles. The van der Waals surface area contributed by atoms with Crippen molar-refractivity contribution >= 4 is 35.0 Å². The summed E-state index contributed by atoms with van der Waals surface area (Å²) in [4.78, 5) is 24.8. The van der Waals surface area contributed by atoms with Crippen LogP contribution in [-0.4, -0.2) is 47.3 Å². The number of rotatable bonds is 4. The van der Waals surface area contributed by atoms with Gasteiger partial charge in [0.05, 0.1) is 0 Å². The molecule has 0 aromatic heterocycles. The van der Waals surface area contributed by atoms with Gasteiger partial charge in [0.25, 0.3) is 0 Å². The van der Waals surface area contributed by atoms with Crippen LogP contribution in [0.4, 0.5) is 0 Å². The zero-order valence-corrected chi connectivity index (χ0v) is 18.3. The van der Waals surface area contributed by atoms with Gasteiger partial charge < -0.3 is 15.3 Å². The fourth-order valence-corrected chi connectivity index (χ4v) is 2.91. The van der Waals surface area contributed by atoms with Crippen LogP contribution in [-0.2, 0) is 9.59 Å². The summed E-state index contributed by atoms with van der Waals surface area (Å²) in [5.74, 6) is 1.32. The Morgan fingerprint density at radius 3 is 2.07 bits per heavy atom. The third-order valence-corrected chi connectivity index (χ3v) is 4.88. The first-order chi connectivity index (χ1) is 13.4. The van der Waals surface area contributed by atoms with Crippen molar-refractivity contribution in [2.24, 2.45) is 11.8 Å². The molecule has 1 aromatic carbocycles. The fourth-order valence-electron chi connectivity index (χ4n) is 2.69. The first-order valence-corrected chi connectivity index (χ1v) is 10.9. The number of likely N-dealkylation sites (tertiary alicyclic amines) is 1. The van der Waals surface area contributed by atoms with Crippen LogP contribution in [0.2, 0.25) is 5.02 Å². The van der Waals surface area contributed by atoms with E-state index in [1.807, 2.05) is 4.90 Å². The Morgan fingerprint density at radius 1 is 1.11 bits per heavy atom. The number of carbonyl (C=O) groups is 2. The van der Waals surface area contributed by atoms with Gasteiger partial charge in [0.2, 0.25) is 11.8 Å². The van der Waals surface area contributed by atoms with Crippen molar-refractivity contribution in [2.45, 2.75) is 46.0 Å². The summed E-state index contributed by atoms with van der Waals surface area (Å²) < 4.78 is 0. The minimum Gasteiger partial charge on any atom is -0.508 e. The predicted octanol–water partition coefficient (Wildman–Crippen LogP) is 4.45. The molecular weight excluding hydrogens is 399 g/mol. The summed E-state index contributed by atoms with van der Waals surface area (Å²) in [6.45, 7) is 6.63.